The van der Waals surface area contributed by atoms with Gasteiger partial charge in [0.25, 0.3) is 0 Å². The molecule has 1 unspecified atom stereocenters. The van der Waals surface area contributed by atoms with Crippen LogP contribution in [0, 0.1) is 0 Å². The van der Waals surface area contributed by atoms with Crippen LogP contribution in [-0.2, 0) is 9.47 Å². The molecule has 3 heteroatoms. The van der Waals surface area contributed by atoms with Crippen LogP contribution in [0.15, 0.2) is 0 Å². The molecule has 0 aromatic heterocycles. The number of rotatable bonds is 14. The number of hydrogen-bond acceptors (Lipinski definition) is 3. The van der Waals surface area contributed by atoms with Gasteiger partial charge in [0, 0.05) is 0 Å². The highest BCUT2D eigenvalue weighted by atomic mass is 16.5. The number of aliphatic hydroxyl groups is 1. The monoisotopic (exact) mass is 274 g/mol. The number of ether oxygens (including phenoxy) is 2. The van der Waals surface area contributed by atoms with Gasteiger partial charge in [-0.2, -0.15) is 0 Å². The second kappa shape index (κ2) is 12.9. The first-order chi connectivity index (χ1) is 9.18. The van der Waals surface area contributed by atoms with Gasteiger partial charge in [0.2, 0.25) is 0 Å². The molecular formula is C16H34O3. The molecule has 116 valence electrons. The third kappa shape index (κ3) is 11.4. The van der Waals surface area contributed by atoms with Crippen molar-refractivity contribution in [3.05, 3.63) is 0 Å². The predicted molar refractivity (Wildman–Crippen MR) is 80.5 cm³/mol. The van der Waals surface area contributed by atoms with Crippen LogP contribution in [0.25, 0.3) is 0 Å². The van der Waals surface area contributed by atoms with Crippen LogP contribution >= 0.6 is 0 Å². The Balaban J connectivity index is 3.88. The zero-order valence-electron chi connectivity index (χ0n) is 13.2. The molecule has 0 rings (SSSR count). The Morgan fingerprint density at radius 2 is 1.53 bits per heavy atom. The fourth-order valence-electron chi connectivity index (χ4n) is 2.26. The van der Waals surface area contributed by atoms with Crippen LogP contribution in [0.3, 0.4) is 0 Å². The Labute approximate surface area is 119 Å². The largest absolute Gasteiger partial charge is 0.394 e. The van der Waals surface area contributed by atoms with Gasteiger partial charge < -0.3 is 14.6 Å². The third-order valence-electron chi connectivity index (χ3n) is 3.53. The zero-order chi connectivity index (χ0) is 14.4. The van der Waals surface area contributed by atoms with Crippen LogP contribution in [0.4, 0.5) is 0 Å². The minimum atomic E-state index is 0.00628. The number of hydrogen-bond donors (Lipinski definition) is 1. The summed E-state index contributed by atoms with van der Waals surface area (Å²) in [7, 11) is 0. The topological polar surface area (TPSA) is 38.7 Å². The fourth-order valence-corrected chi connectivity index (χ4v) is 2.26. The molecule has 0 saturated heterocycles. The smallest absolute Gasteiger partial charge is 0.0707 e. The average molecular weight is 274 g/mol. The first kappa shape index (κ1) is 18.9. The van der Waals surface area contributed by atoms with E-state index in [1.54, 1.807) is 0 Å². The average Bonchev–Trinajstić information content (AvgIpc) is 2.41. The van der Waals surface area contributed by atoms with Crippen molar-refractivity contribution < 1.29 is 14.6 Å². The molecule has 0 aromatic carbocycles. The van der Waals surface area contributed by atoms with E-state index in [1.807, 2.05) is 0 Å². The minimum absolute atomic E-state index is 0.00628. The lowest BCUT2D eigenvalue weighted by Gasteiger charge is -2.30. The molecule has 0 aliphatic rings. The fraction of sp³-hybridized carbons (Fsp3) is 1.00. The highest BCUT2D eigenvalue weighted by molar-refractivity contribution is 4.75. The SMILES string of the molecule is CCCCCCC(C)(CCCC)OCCOCCO. The second-order valence-electron chi connectivity index (χ2n) is 5.55. The molecule has 0 radical (unpaired) electrons. The molecule has 0 aromatic rings. The van der Waals surface area contributed by atoms with Crippen LogP contribution < -0.4 is 0 Å². The molecule has 0 saturated carbocycles. The summed E-state index contributed by atoms with van der Waals surface area (Å²) in [6.45, 7) is 8.41. The highest BCUT2D eigenvalue weighted by Crippen LogP contribution is 2.25. The van der Waals surface area contributed by atoms with Gasteiger partial charge in [0.05, 0.1) is 32.0 Å². The minimum Gasteiger partial charge on any atom is -0.394 e. The Hall–Kier alpha value is -0.120. The second-order valence-corrected chi connectivity index (χ2v) is 5.55. The summed E-state index contributed by atoms with van der Waals surface area (Å²) >= 11 is 0. The predicted octanol–water partition coefficient (Wildman–Crippen LogP) is 3.93. The van der Waals surface area contributed by atoms with Crippen molar-refractivity contribution in [2.45, 2.75) is 77.7 Å². The molecule has 0 aliphatic carbocycles. The highest BCUT2D eigenvalue weighted by Gasteiger charge is 2.23. The van der Waals surface area contributed by atoms with E-state index in [1.165, 1.54) is 38.5 Å². The van der Waals surface area contributed by atoms with Gasteiger partial charge in [0.15, 0.2) is 0 Å². The van der Waals surface area contributed by atoms with E-state index < -0.39 is 0 Å². The molecule has 19 heavy (non-hydrogen) atoms. The van der Waals surface area contributed by atoms with Crippen molar-refractivity contribution in [2.24, 2.45) is 0 Å². The summed E-state index contributed by atoms with van der Waals surface area (Å²) in [5.41, 5.74) is 0.00628. The number of unbranched alkanes of at least 4 members (excludes halogenated alkanes) is 4. The summed E-state index contributed by atoms with van der Waals surface area (Å²) in [5.74, 6) is 0. The lowest BCUT2D eigenvalue weighted by atomic mass is 9.92. The van der Waals surface area contributed by atoms with E-state index in [9.17, 15) is 0 Å². The van der Waals surface area contributed by atoms with E-state index in [4.69, 9.17) is 14.6 Å². The van der Waals surface area contributed by atoms with Gasteiger partial charge in [-0.1, -0.05) is 52.4 Å². The Bertz CT molecular complexity index is 185. The van der Waals surface area contributed by atoms with Crippen molar-refractivity contribution in [2.75, 3.05) is 26.4 Å². The molecule has 0 amide bonds. The van der Waals surface area contributed by atoms with Gasteiger partial charge in [0.1, 0.15) is 0 Å². The zero-order valence-corrected chi connectivity index (χ0v) is 13.2. The van der Waals surface area contributed by atoms with Crippen molar-refractivity contribution in [1.82, 2.24) is 0 Å². The van der Waals surface area contributed by atoms with E-state index >= 15 is 0 Å². The Kier molecular flexibility index (Phi) is 12.8. The molecule has 0 spiro atoms. The van der Waals surface area contributed by atoms with Crippen molar-refractivity contribution in [3.63, 3.8) is 0 Å². The van der Waals surface area contributed by atoms with Gasteiger partial charge in [-0.15, -0.1) is 0 Å². The van der Waals surface area contributed by atoms with Gasteiger partial charge in [-0.05, 0) is 19.8 Å². The summed E-state index contributed by atoms with van der Waals surface area (Å²) in [4.78, 5) is 0. The van der Waals surface area contributed by atoms with E-state index in [0.717, 1.165) is 12.8 Å². The summed E-state index contributed by atoms with van der Waals surface area (Å²) in [6, 6.07) is 0. The molecule has 0 heterocycles. The van der Waals surface area contributed by atoms with Crippen LogP contribution in [0.2, 0.25) is 0 Å². The number of aliphatic hydroxyl groups excluding tert-OH is 1. The molecular weight excluding hydrogens is 240 g/mol. The normalized spacial score (nSPS) is 14.5. The van der Waals surface area contributed by atoms with Crippen molar-refractivity contribution >= 4 is 0 Å². The first-order valence-corrected chi connectivity index (χ1v) is 8.01. The lowest BCUT2D eigenvalue weighted by Crippen LogP contribution is -2.30. The maximum absolute atomic E-state index is 8.64. The van der Waals surface area contributed by atoms with Gasteiger partial charge in [-0.25, -0.2) is 0 Å². The summed E-state index contributed by atoms with van der Waals surface area (Å²) < 4.78 is 11.3. The van der Waals surface area contributed by atoms with Crippen LogP contribution in [0.5, 0.6) is 0 Å². The van der Waals surface area contributed by atoms with E-state index in [0.29, 0.717) is 19.8 Å². The molecule has 1 atom stereocenters. The van der Waals surface area contributed by atoms with E-state index in [-0.39, 0.29) is 12.2 Å². The quantitative estimate of drug-likeness (QED) is 0.488. The van der Waals surface area contributed by atoms with Crippen molar-refractivity contribution in [3.8, 4) is 0 Å². The van der Waals surface area contributed by atoms with Crippen molar-refractivity contribution in [1.29, 1.82) is 0 Å². The Morgan fingerprint density at radius 3 is 2.16 bits per heavy atom. The molecule has 3 nitrogen and oxygen atoms in total. The molecule has 1 N–H and O–H groups in total. The molecule has 0 aliphatic heterocycles. The van der Waals surface area contributed by atoms with Gasteiger partial charge in [-0.3, -0.25) is 0 Å². The lowest BCUT2D eigenvalue weighted by molar-refractivity contribution is -0.0703. The third-order valence-corrected chi connectivity index (χ3v) is 3.53. The molecule has 0 bridgehead atoms. The summed E-state index contributed by atoms with van der Waals surface area (Å²) in [6.07, 6.45) is 9.89. The van der Waals surface area contributed by atoms with Crippen LogP contribution in [0.1, 0.15) is 72.1 Å². The maximum Gasteiger partial charge on any atom is 0.0707 e. The van der Waals surface area contributed by atoms with Crippen LogP contribution in [-0.4, -0.2) is 37.1 Å². The first-order valence-electron chi connectivity index (χ1n) is 8.01. The standard InChI is InChI=1S/C16H34O3/c1-4-6-8-9-11-16(3,10-7-5-2)19-15-14-18-13-12-17/h17H,4-15H2,1-3H3. The van der Waals surface area contributed by atoms with E-state index in [2.05, 4.69) is 20.8 Å². The molecule has 0 fully saturated rings. The Morgan fingerprint density at radius 1 is 0.842 bits per heavy atom. The van der Waals surface area contributed by atoms with Gasteiger partial charge >= 0.3 is 0 Å². The maximum atomic E-state index is 8.64. The summed E-state index contributed by atoms with van der Waals surface area (Å²) in [5, 5.41) is 8.64.